The summed E-state index contributed by atoms with van der Waals surface area (Å²) in [6.07, 6.45) is 2.66. The predicted octanol–water partition coefficient (Wildman–Crippen LogP) is 3.92. The summed E-state index contributed by atoms with van der Waals surface area (Å²) in [4.78, 5) is 0. The largest absolute Gasteiger partial charge is 1.00 e. The summed E-state index contributed by atoms with van der Waals surface area (Å²) in [5.74, 6) is 0.589. The van der Waals surface area contributed by atoms with Crippen molar-refractivity contribution < 1.29 is 46.1 Å². The zero-order valence-corrected chi connectivity index (χ0v) is 30.9. The van der Waals surface area contributed by atoms with Gasteiger partial charge in [-0.3, -0.25) is 0 Å². The van der Waals surface area contributed by atoms with Crippen molar-refractivity contribution in [2.45, 2.75) is 103 Å². The second kappa shape index (κ2) is 11.4. The maximum absolute atomic E-state index is 2.66. The minimum Gasteiger partial charge on any atom is -1.00 e. The van der Waals surface area contributed by atoms with Gasteiger partial charge in [0.05, 0.1) is 0 Å². The smallest absolute Gasteiger partial charge is 1.00 e. The first-order valence-corrected chi connectivity index (χ1v) is 21.2. The zero-order chi connectivity index (χ0) is 27.0. The van der Waals surface area contributed by atoms with E-state index in [9.17, 15) is 0 Å². The molecule has 0 spiro atoms. The molecular formula is C34H48Cl2SiZr. The molecule has 2 aliphatic rings. The number of hydrogen-bond donors (Lipinski definition) is 0. The third kappa shape index (κ3) is 6.05. The van der Waals surface area contributed by atoms with E-state index in [1.165, 1.54) is 22.3 Å². The Kier molecular flexibility index (Phi) is 10.1. The van der Waals surface area contributed by atoms with E-state index in [0.29, 0.717) is 9.54 Å². The van der Waals surface area contributed by atoms with Crippen LogP contribution in [0.5, 0.6) is 0 Å². The van der Waals surface area contributed by atoms with Gasteiger partial charge in [0.2, 0.25) is 0 Å². The van der Waals surface area contributed by atoms with E-state index in [1.54, 1.807) is 25.1 Å². The van der Waals surface area contributed by atoms with Crippen molar-refractivity contribution in [2.24, 2.45) is 5.92 Å². The average molecular weight is 647 g/mol. The molecule has 0 amide bonds. The summed E-state index contributed by atoms with van der Waals surface area (Å²) < 4.78 is 4.16. The first-order valence-electron chi connectivity index (χ1n) is 13.8. The predicted molar refractivity (Wildman–Crippen MR) is 161 cm³/mol. The molecule has 2 aromatic rings. The van der Waals surface area contributed by atoms with E-state index in [-0.39, 0.29) is 35.6 Å². The molecule has 2 aliphatic carbocycles. The molecule has 0 aromatic heterocycles. The molecule has 1 atom stereocenters. The molecule has 4 rings (SSSR count). The molecule has 38 heavy (non-hydrogen) atoms. The maximum atomic E-state index is 2.66. The van der Waals surface area contributed by atoms with Crippen LogP contribution >= 0.6 is 0 Å². The van der Waals surface area contributed by atoms with Crippen LogP contribution in [-0.4, -0.2) is 11.3 Å². The first-order chi connectivity index (χ1) is 16.4. The van der Waals surface area contributed by atoms with Crippen molar-refractivity contribution in [1.82, 2.24) is 0 Å². The third-order valence-electron chi connectivity index (χ3n) is 8.36. The van der Waals surface area contributed by atoms with Crippen LogP contribution in [0.4, 0.5) is 0 Å². The van der Waals surface area contributed by atoms with Crippen molar-refractivity contribution in [2.75, 3.05) is 0 Å². The van der Waals surface area contributed by atoms with Gasteiger partial charge in [-0.05, 0) is 0 Å². The van der Waals surface area contributed by atoms with E-state index >= 15 is 0 Å². The molecule has 0 fully saturated rings. The van der Waals surface area contributed by atoms with Gasteiger partial charge in [-0.1, -0.05) is 0 Å². The summed E-state index contributed by atoms with van der Waals surface area (Å²) in [7, 11) is -1.37. The van der Waals surface area contributed by atoms with Crippen LogP contribution in [0.1, 0.15) is 95.1 Å². The second-order valence-corrected chi connectivity index (χ2v) is 26.9. The van der Waals surface area contributed by atoms with Gasteiger partial charge in [-0.15, -0.1) is 0 Å². The SMILES string of the molecule is CC1=[C]([Zr+2](=[C](C)C)[CH]2c3ccc(C(C)(C)C)cc3-c3cc(C(C)(C)C)ccc32)C(C)C=C1[Si](C)(C)C.[Cl-].[Cl-]. The van der Waals surface area contributed by atoms with E-state index in [4.69, 9.17) is 0 Å². The van der Waals surface area contributed by atoms with Crippen LogP contribution < -0.4 is 24.8 Å². The number of benzene rings is 2. The minimum absolute atomic E-state index is 0. The molecule has 0 saturated carbocycles. The zero-order valence-electron chi connectivity index (χ0n) is 26.0. The summed E-state index contributed by atoms with van der Waals surface area (Å²) >= 11 is -2.24. The Balaban J connectivity index is 0.00000253. The van der Waals surface area contributed by atoms with Crippen LogP contribution in [0.15, 0.2) is 56.5 Å². The summed E-state index contributed by atoms with van der Waals surface area (Å²) in [5.41, 5.74) is 11.1. The molecule has 0 radical (unpaired) electrons. The molecule has 0 saturated heterocycles. The van der Waals surface area contributed by atoms with Crippen molar-refractivity contribution in [3.8, 4) is 11.1 Å². The Morgan fingerprint density at radius 2 is 1.18 bits per heavy atom. The number of fused-ring (bicyclic) bond motifs is 3. The van der Waals surface area contributed by atoms with Gasteiger partial charge in [0.1, 0.15) is 0 Å². The Morgan fingerprint density at radius 1 is 0.763 bits per heavy atom. The first kappa shape index (κ1) is 33.7. The molecule has 0 nitrogen and oxygen atoms in total. The number of allylic oxidation sites excluding steroid dienone is 4. The van der Waals surface area contributed by atoms with Gasteiger partial charge >= 0.3 is 232 Å². The topological polar surface area (TPSA) is 0 Å². The Morgan fingerprint density at radius 3 is 1.50 bits per heavy atom. The van der Waals surface area contributed by atoms with Crippen LogP contribution in [0.25, 0.3) is 11.1 Å². The normalized spacial score (nSPS) is 17.2. The molecule has 0 aliphatic heterocycles. The van der Waals surface area contributed by atoms with E-state index in [1.807, 2.05) is 3.28 Å². The monoisotopic (exact) mass is 644 g/mol. The van der Waals surface area contributed by atoms with E-state index < -0.39 is 29.3 Å². The standard InChI is InChI=1S/C21H25.C10H17Si.C3H6.2ClH.Zr/c1-20(2,3)16-9-7-14-11-15-8-10-17(21(4,5)6)13-19(15)18(14)12-16;1-8-6-9(2)10(7-8)11(3,4)5;1-3-2;;;/h7-13H,1-6H3;7-8H,1-5H3;1-2H3;2*1H;/q;;;;;+2/p-2. The van der Waals surface area contributed by atoms with E-state index in [2.05, 4.69) is 131 Å². The Bertz CT molecular complexity index is 1260. The molecule has 206 valence electrons. The fourth-order valence-corrected chi connectivity index (χ4v) is 17.7. The van der Waals surface area contributed by atoms with Crippen LogP contribution in [0, 0.1) is 5.92 Å². The Hall–Kier alpha value is -0.530. The second-order valence-electron chi connectivity index (χ2n) is 14.6. The van der Waals surface area contributed by atoms with Gasteiger partial charge in [0, 0.05) is 0 Å². The maximum Gasteiger partial charge on any atom is -1.00 e. The summed E-state index contributed by atoms with van der Waals surface area (Å²) in [5, 5.41) is 1.72. The fourth-order valence-electron chi connectivity index (χ4n) is 6.41. The van der Waals surface area contributed by atoms with Crippen LogP contribution in [-0.2, 0) is 32.1 Å². The van der Waals surface area contributed by atoms with Crippen LogP contribution in [0.2, 0.25) is 19.6 Å². The molecule has 0 bridgehead atoms. The average Bonchev–Trinajstić information content (AvgIpc) is 3.21. The summed E-state index contributed by atoms with van der Waals surface area (Å²) in [6, 6.07) is 15.0. The number of rotatable bonds is 3. The van der Waals surface area contributed by atoms with Crippen molar-refractivity contribution in [3.63, 3.8) is 0 Å². The summed E-state index contributed by atoms with van der Waals surface area (Å²) in [6.45, 7) is 31.5. The molecular weight excluding hydrogens is 599 g/mol. The number of hydrogen-bond acceptors (Lipinski definition) is 0. The molecule has 1 unspecified atom stereocenters. The van der Waals surface area contributed by atoms with Gasteiger partial charge in [0.15, 0.2) is 0 Å². The van der Waals surface area contributed by atoms with Crippen LogP contribution in [0.3, 0.4) is 0 Å². The molecule has 0 heterocycles. The third-order valence-corrected chi connectivity index (χ3v) is 19.6. The molecule has 2 aromatic carbocycles. The van der Waals surface area contributed by atoms with Gasteiger partial charge < -0.3 is 24.8 Å². The number of halogens is 2. The fraction of sp³-hybridized carbons (Fsp3) is 0.500. The van der Waals surface area contributed by atoms with Gasteiger partial charge in [0.25, 0.3) is 0 Å². The Labute approximate surface area is 254 Å². The quantitative estimate of drug-likeness (QED) is 0.444. The minimum atomic E-state index is -2.24. The van der Waals surface area contributed by atoms with Crippen molar-refractivity contribution in [1.29, 1.82) is 0 Å². The van der Waals surface area contributed by atoms with Crippen molar-refractivity contribution in [3.05, 3.63) is 78.8 Å². The van der Waals surface area contributed by atoms with Gasteiger partial charge in [-0.25, -0.2) is 0 Å². The molecule has 4 heteroatoms. The van der Waals surface area contributed by atoms with Gasteiger partial charge in [-0.2, -0.15) is 0 Å². The van der Waals surface area contributed by atoms with Crippen molar-refractivity contribution >= 4 is 11.3 Å². The molecule has 0 N–H and O–H groups in total. The van der Waals surface area contributed by atoms with E-state index in [0.717, 1.165) is 0 Å².